The number of rotatable bonds is 9. The van der Waals surface area contributed by atoms with Crippen molar-refractivity contribution in [3.8, 4) is 11.1 Å². The Morgan fingerprint density at radius 1 is 0.766 bits per heavy atom. The number of hydrogen-bond acceptors (Lipinski definition) is 6. The molecule has 0 spiro atoms. The highest BCUT2D eigenvalue weighted by molar-refractivity contribution is 6.05. The summed E-state index contributed by atoms with van der Waals surface area (Å²) in [5.74, 6) is 0.963. The van der Waals surface area contributed by atoms with Gasteiger partial charge in [0.15, 0.2) is 0 Å². The lowest BCUT2D eigenvalue weighted by Crippen LogP contribution is -2.47. The maximum Gasteiger partial charge on any atom is 0.255 e. The topological polar surface area (TPSA) is 80.8 Å². The molecule has 2 aliphatic rings. The second-order valence-corrected chi connectivity index (χ2v) is 12.6. The van der Waals surface area contributed by atoms with Crippen LogP contribution >= 0.6 is 0 Å². The number of carbonyl (C=O) groups excluding carboxylic acids is 2. The van der Waals surface area contributed by atoms with Crippen LogP contribution in [0.15, 0.2) is 91.6 Å². The number of amides is 2. The third-order valence-electron chi connectivity index (χ3n) is 9.20. The van der Waals surface area contributed by atoms with Gasteiger partial charge in [0.2, 0.25) is 5.91 Å². The summed E-state index contributed by atoms with van der Waals surface area (Å²) in [5.41, 5.74) is 8.47. The van der Waals surface area contributed by atoms with Crippen LogP contribution in [0, 0.1) is 6.92 Å². The molecule has 3 heterocycles. The van der Waals surface area contributed by atoms with Crippen molar-refractivity contribution >= 4 is 34.7 Å². The Morgan fingerprint density at radius 3 is 2.11 bits per heavy atom. The second-order valence-electron chi connectivity index (χ2n) is 12.6. The fourth-order valence-electron chi connectivity index (χ4n) is 6.32. The van der Waals surface area contributed by atoms with Gasteiger partial charge in [-0.1, -0.05) is 49.0 Å². The van der Waals surface area contributed by atoms with E-state index in [1.807, 2.05) is 35.2 Å². The van der Waals surface area contributed by atoms with Gasteiger partial charge >= 0.3 is 0 Å². The molecule has 2 fully saturated rings. The van der Waals surface area contributed by atoms with Gasteiger partial charge < -0.3 is 20.4 Å². The molecule has 2 N–H and O–H groups in total. The number of anilines is 3. The van der Waals surface area contributed by atoms with Gasteiger partial charge in [-0.05, 0) is 90.4 Å². The molecular formula is C39H44N6O2. The first-order valence-corrected chi connectivity index (χ1v) is 16.6. The summed E-state index contributed by atoms with van der Waals surface area (Å²) in [5, 5.41) is 6.44. The number of pyridine rings is 1. The van der Waals surface area contributed by atoms with Gasteiger partial charge in [-0.2, -0.15) is 0 Å². The quantitative estimate of drug-likeness (QED) is 0.207. The summed E-state index contributed by atoms with van der Waals surface area (Å²) in [7, 11) is 0. The highest BCUT2D eigenvalue weighted by Crippen LogP contribution is 2.28. The first-order valence-electron chi connectivity index (χ1n) is 16.6. The van der Waals surface area contributed by atoms with Crippen molar-refractivity contribution in [2.24, 2.45) is 0 Å². The van der Waals surface area contributed by atoms with E-state index in [9.17, 15) is 9.59 Å². The van der Waals surface area contributed by atoms with Gasteiger partial charge in [0.25, 0.3) is 5.91 Å². The lowest BCUT2D eigenvalue weighted by Gasteiger charge is -2.34. The van der Waals surface area contributed by atoms with Crippen molar-refractivity contribution < 1.29 is 9.59 Å². The van der Waals surface area contributed by atoms with Crippen LogP contribution in [0.2, 0.25) is 0 Å². The maximum absolute atomic E-state index is 13.2. The zero-order valence-corrected chi connectivity index (χ0v) is 27.5. The number of piperidine rings is 1. The summed E-state index contributed by atoms with van der Waals surface area (Å²) in [6.45, 7) is 14.3. The summed E-state index contributed by atoms with van der Waals surface area (Å²) in [6, 6.07) is 26.4. The van der Waals surface area contributed by atoms with Crippen LogP contribution in [0.4, 0.5) is 17.2 Å². The SMILES string of the molecule is C=C(Nc1ccc(CN2CCN(C(C)=O)CC2)cc1)c1ccc(-c2cc(C(=O)Nc3ccc(N4CCCCC4)nc3)ccc2C)cc1. The van der Waals surface area contributed by atoms with Crippen LogP contribution in [0.1, 0.15) is 53.2 Å². The van der Waals surface area contributed by atoms with Crippen molar-refractivity contribution in [2.45, 2.75) is 39.7 Å². The van der Waals surface area contributed by atoms with E-state index in [4.69, 9.17) is 0 Å². The van der Waals surface area contributed by atoms with Gasteiger partial charge in [-0.15, -0.1) is 0 Å². The molecule has 2 amide bonds. The van der Waals surface area contributed by atoms with E-state index in [1.54, 1.807) is 13.1 Å². The van der Waals surface area contributed by atoms with Crippen molar-refractivity contribution in [3.05, 3.63) is 114 Å². The Morgan fingerprint density at radius 2 is 1.45 bits per heavy atom. The molecule has 0 radical (unpaired) electrons. The number of nitrogens with one attached hydrogen (secondary N) is 2. The first kappa shape index (κ1) is 32.0. The Labute approximate surface area is 278 Å². The predicted molar refractivity (Wildman–Crippen MR) is 191 cm³/mol. The Bertz CT molecular complexity index is 1700. The number of hydrogen-bond donors (Lipinski definition) is 2. The molecule has 1 aromatic heterocycles. The molecule has 8 heteroatoms. The molecule has 242 valence electrons. The van der Waals surface area contributed by atoms with Gasteiger partial charge in [-0.3, -0.25) is 14.5 Å². The van der Waals surface area contributed by atoms with E-state index in [2.05, 4.69) is 87.5 Å². The molecule has 0 aliphatic carbocycles. The predicted octanol–water partition coefficient (Wildman–Crippen LogP) is 7.05. The summed E-state index contributed by atoms with van der Waals surface area (Å²) >= 11 is 0. The van der Waals surface area contributed by atoms with Crippen molar-refractivity contribution in [2.75, 3.05) is 54.8 Å². The Balaban J connectivity index is 1.04. The average molecular weight is 629 g/mol. The van der Waals surface area contributed by atoms with Crippen LogP contribution in [0.5, 0.6) is 0 Å². The largest absolute Gasteiger partial charge is 0.357 e. The van der Waals surface area contributed by atoms with Crippen LogP contribution in [-0.2, 0) is 11.3 Å². The summed E-state index contributed by atoms with van der Waals surface area (Å²) in [4.78, 5) is 36.0. The second kappa shape index (κ2) is 14.6. The van der Waals surface area contributed by atoms with E-state index < -0.39 is 0 Å². The zero-order valence-electron chi connectivity index (χ0n) is 27.5. The molecular weight excluding hydrogens is 584 g/mol. The molecule has 2 aliphatic heterocycles. The van der Waals surface area contributed by atoms with Crippen molar-refractivity contribution in [1.29, 1.82) is 0 Å². The third-order valence-corrected chi connectivity index (χ3v) is 9.20. The normalized spacial score (nSPS) is 15.3. The highest BCUT2D eigenvalue weighted by atomic mass is 16.2. The van der Waals surface area contributed by atoms with Crippen molar-refractivity contribution in [1.82, 2.24) is 14.8 Å². The summed E-state index contributed by atoms with van der Waals surface area (Å²) in [6.07, 6.45) is 5.42. The fourth-order valence-corrected chi connectivity index (χ4v) is 6.32. The average Bonchev–Trinajstić information content (AvgIpc) is 3.10. The van der Waals surface area contributed by atoms with E-state index in [-0.39, 0.29) is 11.8 Å². The lowest BCUT2D eigenvalue weighted by atomic mass is 9.96. The molecule has 2 saturated heterocycles. The number of aromatic nitrogens is 1. The number of aryl methyl sites for hydroxylation is 1. The Kier molecular flexibility index (Phi) is 9.97. The van der Waals surface area contributed by atoms with Gasteiger partial charge in [0.05, 0.1) is 11.9 Å². The number of carbonyl (C=O) groups is 2. The van der Waals surface area contributed by atoms with Gasteiger partial charge in [-0.25, -0.2) is 4.98 Å². The van der Waals surface area contributed by atoms with E-state index >= 15 is 0 Å². The minimum atomic E-state index is -0.158. The minimum absolute atomic E-state index is 0.155. The van der Waals surface area contributed by atoms with Crippen LogP contribution in [0.3, 0.4) is 0 Å². The first-order chi connectivity index (χ1) is 22.8. The molecule has 47 heavy (non-hydrogen) atoms. The molecule has 6 rings (SSSR count). The molecule has 0 saturated carbocycles. The molecule has 0 atom stereocenters. The van der Waals surface area contributed by atoms with Crippen molar-refractivity contribution in [3.63, 3.8) is 0 Å². The minimum Gasteiger partial charge on any atom is -0.357 e. The molecule has 3 aromatic carbocycles. The number of benzene rings is 3. The van der Waals surface area contributed by atoms with Crippen LogP contribution in [0.25, 0.3) is 16.8 Å². The Hall–Kier alpha value is -4.95. The third kappa shape index (κ3) is 8.07. The molecule has 0 bridgehead atoms. The zero-order chi connectivity index (χ0) is 32.8. The smallest absolute Gasteiger partial charge is 0.255 e. The molecule has 0 unspecified atom stereocenters. The highest BCUT2D eigenvalue weighted by Gasteiger charge is 2.19. The molecule has 8 nitrogen and oxygen atoms in total. The van der Waals surface area contributed by atoms with Gasteiger partial charge in [0.1, 0.15) is 5.82 Å². The lowest BCUT2D eigenvalue weighted by molar-refractivity contribution is -0.130. The maximum atomic E-state index is 13.2. The number of nitrogens with zero attached hydrogens (tertiary/aromatic N) is 4. The standard InChI is InChI=1S/C39H44N6O2/c1-28-7-10-34(39(47)42-36-17-18-38(40-26-36)45-19-5-4-6-20-45)25-37(28)33-13-11-32(12-14-33)29(2)41-35-15-8-31(9-16-35)27-43-21-23-44(24-22-43)30(3)46/h7-18,25-26,41H,2,4-6,19-24,27H2,1,3H3,(H,42,47). The molecule has 4 aromatic rings. The number of piperazine rings is 1. The summed E-state index contributed by atoms with van der Waals surface area (Å²) < 4.78 is 0. The van der Waals surface area contributed by atoms with Crippen LogP contribution in [-0.4, -0.2) is 65.9 Å². The monoisotopic (exact) mass is 628 g/mol. The fraction of sp³-hybridized carbons (Fsp3) is 0.308. The van der Waals surface area contributed by atoms with E-state index in [1.165, 1.54) is 24.8 Å². The van der Waals surface area contributed by atoms with Gasteiger partial charge in [0, 0.05) is 69.7 Å². The van der Waals surface area contributed by atoms with E-state index in [0.717, 1.165) is 85.3 Å². The van der Waals surface area contributed by atoms with Crippen LogP contribution < -0.4 is 15.5 Å². The van der Waals surface area contributed by atoms with E-state index in [0.29, 0.717) is 11.3 Å².